The molecule has 0 aromatic rings. The van der Waals surface area contributed by atoms with E-state index in [1.54, 1.807) is 0 Å². The third-order valence-corrected chi connectivity index (χ3v) is 0.956. The summed E-state index contributed by atoms with van der Waals surface area (Å²) in [6, 6.07) is 0. The molecular weight excluding hydrogens is 104 g/mol. The number of hydrogen-bond acceptors (Lipinski definition) is 1. The molecule has 0 bridgehead atoms. The zero-order valence-electron chi connectivity index (χ0n) is 4.72. The van der Waals surface area contributed by atoms with Crippen molar-refractivity contribution in [2.24, 2.45) is 0 Å². The zero-order chi connectivity index (χ0) is 5.54. The summed E-state index contributed by atoms with van der Waals surface area (Å²) in [6.07, 6.45) is 6.58. The van der Waals surface area contributed by atoms with E-state index >= 15 is 0 Å². The van der Waals surface area contributed by atoms with Crippen LogP contribution in [0.1, 0.15) is 19.8 Å². The lowest BCUT2D eigenvalue weighted by atomic mass is 10.4. The van der Waals surface area contributed by atoms with E-state index in [9.17, 15) is 0 Å². The Morgan fingerprint density at radius 1 is 1.43 bits per heavy atom. The summed E-state index contributed by atoms with van der Waals surface area (Å²) in [6.45, 7) is 2.13. The molecule has 1 heteroatoms. The SMILES string of the molecule is CC/C=C\CCS. The topological polar surface area (TPSA) is 0 Å². The van der Waals surface area contributed by atoms with Crippen LogP contribution in [-0.2, 0) is 0 Å². The van der Waals surface area contributed by atoms with Crippen LogP contribution in [0.25, 0.3) is 0 Å². The molecule has 0 aliphatic heterocycles. The maximum Gasteiger partial charge on any atom is -0.00633 e. The molecule has 0 amide bonds. The predicted octanol–water partition coefficient (Wildman–Crippen LogP) is 2.27. The van der Waals surface area contributed by atoms with Crippen LogP contribution in [0.5, 0.6) is 0 Å². The Labute approximate surface area is 51.0 Å². The highest BCUT2D eigenvalue weighted by Gasteiger charge is 1.68. The van der Waals surface area contributed by atoms with Crippen LogP contribution in [0.2, 0.25) is 0 Å². The van der Waals surface area contributed by atoms with Crippen molar-refractivity contribution < 1.29 is 0 Å². The minimum absolute atomic E-state index is 0.969. The van der Waals surface area contributed by atoms with Crippen LogP contribution in [0.3, 0.4) is 0 Å². The van der Waals surface area contributed by atoms with Crippen molar-refractivity contribution in [1.29, 1.82) is 0 Å². The van der Waals surface area contributed by atoms with E-state index in [2.05, 4.69) is 31.7 Å². The highest BCUT2D eigenvalue weighted by Crippen LogP contribution is 1.86. The largest absolute Gasteiger partial charge is 0.179 e. The Morgan fingerprint density at radius 3 is 2.57 bits per heavy atom. The van der Waals surface area contributed by atoms with Crippen molar-refractivity contribution in [2.75, 3.05) is 5.75 Å². The average molecular weight is 116 g/mol. The second-order valence-electron chi connectivity index (χ2n) is 1.39. The molecule has 0 fully saturated rings. The van der Waals surface area contributed by atoms with E-state index in [-0.39, 0.29) is 0 Å². The van der Waals surface area contributed by atoms with Crippen molar-refractivity contribution in [3.05, 3.63) is 12.2 Å². The first-order valence-corrected chi connectivity index (χ1v) is 3.31. The normalized spacial score (nSPS) is 10.6. The summed E-state index contributed by atoms with van der Waals surface area (Å²) in [7, 11) is 0. The molecule has 0 atom stereocenters. The van der Waals surface area contributed by atoms with Gasteiger partial charge in [-0.1, -0.05) is 19.1 Å². The van der Waals surface area contributed by atoms with Gasteiger partial charge in [0.2, 0.25) is 0 Å². The molecule has 0 rings (SSSR count). The molecule has 0 heterocycles. The molecule has 0 nitrogen and oxygen atoms in total. The Hall–Kier alpha value is 0.0900. The molecule has 0 aromatic carbocycles. The summed E-state index contributed by atoms with van der Waals surface area (Å²) in [5.41, 5.74) is 0. The molecular formula is C6H12S. The van der Waals surface area contributed by atoms with Gasteiger partial charge in [0, 0.05) is 0 Å². The fraction of sp³-hybridized carbons (Fsp3) is 0.667. The smallest absolute Gasteiger partial charge is 0.00633 e. The van der Waals surface area contributed by atoms with Crippen LogP contribution in [0.4, 0.5) is 0 Å². The fourth-order valence-electron chi connectivity index (χ4n) is 0.359. The van der Waals surface area contributed by atoms with Crippen LogP contribution >= 0.6 is 12.6 Å². The number of thiol groups is 1. The van der Waals surface area contributed by atoms with Crippen LogP contribution in [-0.4, -0.2) is 5.75 Å². The first-order chi connectivity index (χ1) is 3.41. The first kappa shape index (κ1) is 7.09. The van der Waals surface area contributed by atoms with Gasteiger partial charge in [0.25, 0.3) is 0 Å². The van der Waals surface area contributed by atoms with E-state index in [1.165, 1.54) is 0 Å². The molecule has 0 aromatic heterocycles. The third kappa shape index (κ3) is 6.09. The van der Waals surface area contributed by atoms with Gasteiger partial charge in [0.15, 0.2) is 0 Å². The van der Waals surface area contributed by atoms with Crippen molar-refractivity contribution in [3.63, 3.8) is 0 Å². The lowest BCUT2D eigenvalue weighted by molar-refractivity contribution is 1.17. The quantitative estimate of drug-likeness (QED) is 0.424. The Morgan fingerprint density at radius 2 is 2.14 bits per heavy atom. The van der Waals surface area contributed by atoms with Gasteiger partial charge < -0.3 is 0 Å². The Balaban J connectivity index is 2.78. The van der Waals surface area contributed by atoms with Crippen molar-refractivity contribution in [1.82, 2.24) is 0 Å². The molecule has 42 valence electrons. The van der Waals surface area contributed by atoms with Gasteiger partial charge in [-0.15, -0.1) is 0 Å². The molecule has 0 spiro atoms. The molecule has 0 unspecified atom stereocenters. The van der Waals surface area contributed by atoms with Gasteiger partial charge >= 0.3 is 0 Å². The monoisotopic (exact) mass is 116 g/mol. The van der Waals surface area contributed by atoms with Crippen molar-refractivity contribution in [3.8, 4) is 0 Å². The maximum absolute atomic E-state index is 4.04. The summed E-state index contributed by atoms with van der Waals surface area (Å²) in [4.78, 5) is 0. The summed E-state index contributed by atoms with van der Waals surface area (Å²) in [5.74, 6) is 0.969. The Bertz CT molecular complexity index is 48.1. The highest BCUT2D eigenvalue weighted by atomic mass is 32.1. The van der Waals surface area contributed by atoms with E-state index in [0.29, 0.717) is 0 Å². The van der Waals surface area contributed by atoms with Crippen LogP contribution in [0, 0.1) is 0 Å². The van der Waals surface area contributed by atoms with Crippen molar-refractivity contribution >= 4 is 12.6 Å². The first-order valence-electron chi connectivity index (χ1n) is 2.67. The zero-order valence-corrected chi connectivity index (χ0v) is 5.62. The summed E-state index contributed by atoms with van der Waals surface area (Å²) < 4.78 is 0. The van der Waals surface area contributed by atoms with Crippen LogP contribution < -0.4 is 0 Å². The molecule has 0 saturated carbocycles. The number of hydrogen-bond donors (Lipinski definition) is 1. The van der Waals surface area contributed by atoms with Gasteiger partial charge in [0.1, 0.15) is 0 Å². The molecule has 7 heavy (non-hydrogen) atoms. The van der Waals surface area contributed by atoms with Gasteiger partial charge in [-0.2, -0.15) is 12.6 Å². The van der Waals surface area contributed by atoms with E-state index in [4.69, 9.17) is 0 Å². The lowest BCUT2D eigenvalue weighted by Crippen LogP contribution is -1.64. The van der Waals surface area contributed by atoms with Gasteiger partial charge in [-0.05, 0) is 18.6 Å². The second kappa shape index (κ2) is 6.09. The van der Waals surface area contributed by atoms with Gasteiger partial charge in [0.05, 0.1) is 0 Å². The third-order valence-electron chi connectivity index (χ3n) is 0.698. The van der Waals surface area contributed by atoms with Crippen molar-refractivity contribution in [2.45, 2.75) is 19.8 Å². The number of rotatable bonds is 3. The Kier molecular flexibility index (Phi) is 6.17. The molecule has 0 radical (unpaired) electrons. The minimum atomic E-state index is 0.969. The van der Waals surface area contributed by atoms with E-state index < -0.39 is 0 Å². The minimum Gasteiger partial charge on any atom is -0.179 e. The van der Waals surface area contributed by atoms with Crippen LogP contribution in [0.15, 0.2) is 12.2 Å². The molecule has 0 saturated heterocycles. The second-order valence-corrected chi connectivity index (χ2v) is 1.84. The summed E-state index contributed by atoms with van der Waals surface area (Å²) in [5, 5.41) is 0. The number of allylic oxidation sites excluding steroid dienone is 2. The van der Waals surface area contributed by atoms with E-state index in [0.717, 1.165) is 18.6 Å². The highest BCUT2D eigenvalue weighted by molar-refractivity contribution is 7.80. The molecule has 0 N–H and O–H groups in total. The lowest BCUT2D eigenvalue weighted by Gasteiger charge is -1.79. The standard InChI is InChI=1S/C6H12S/c1-2-3-4-5-6-7/h3-4,7H,2,5-6H2,1H3/b4-3-. The molecule has 0 aliphatic rings. The van der Waals surface area contributed by atoms with E-state index in [1.807, 2.05) is 0 Å². The molecule has 0 aliphatic carbocycles. The maximum atomic E-state index is 4.04. The summed E-state index contributed by atoms with van der Waals surface area (Å²) >= 11 is 4.04. The fourth-order valence-corrected chi connectivity index (χ4v) is 0.508. The van der Waals surface area contributed by atoms with Gasteiger partial charge in [-0.3, -0.25) is 0 Å². The predicted molar refractivity (Wildman–Crippen MR) is 37.9 cm³/mol. The average Bonchev–Trinajstić information content (AvgIpc) is 1.69. The van der Waals surface area contributed by atoms with Gasteiger partial charge in [-0.25, -0.2) is 0 Å².